The molecule has 120 valence electrons. The highest BCUT2D eigenvalue weighted by molar-refractivity contribution is 5.80. The third kappa shape index (κ3) is 5.38. The van der Waals surface area contributed by atoms with E-state index >= 15 is 0 Å². The van der Waals surface area contributed by atoms with Crippen molar-refractivity contribution in [3.05, 3.63) is 12.8 Å². The maximum atomic E-state index is 11.6. The van der Waals surface area contributed by atoms with Crippen LogP contribution in [0, 0.1) is 5.92 Å². The molecule has 1 aliphatic heterocycles. The lowest BCUT2D eigenvalue weighted by molar-refractivity contribution is -0.174. The van der Waals surface area contributed by atoms with E-state index in [9.17, 15) is 4.79 Å². The topological polar surface area (TPSA) is 54.4 Å². The molecule has 6 heteroatoms. The normalized spacial score (nSPS) is 17.6. The number of esters is 1. The van der Waals surface area contributed by atoms with Crippen molar-refractivity contribution in [1.82, 2.24) is 9.96 Å². The Hall–Kier alpha value is -1.56. The smallest absolute Gasteiger partial charge is 0.308 e. The van der Waals surface area contributed by atoms with Crippen LogP contribution in [0.2, 0.25) is 0 Å². The molecule has 1 aliphatic rings. The zero-order chi connectivity index (χ0) is 16.0. The van der Waals surface area contributed by atoms with Gasteiger partial charge in [-0.05, 0) is 33.6 Å². The maximum absolute atomic E-state index is 11.6. The van der Waals surface area contributed by atoms with Crippen LogP contribution >= 0.6 is 0 Å². The molecule has 0 aromatic heterocycles. The maximum Gasteiger partial charge on any atom is 0.308 e. The third-order valence-electron chi connectivity index (χ3n) is 3.21. The first kappa shape index (κ1) is 17.5. The van der Waals surface area contributed by atoms with Crippen molar-refractivity contribution in [3.63, 3.8) is 0 Å². The van der Waals surface area contributed by atoms with Crippen molar-refractivity contribution >= 4 is 11.9 Å². The number of nitrogens with zero attached hydrogens (tertiary/aromatic N) is 3. The fraction of sp³-hybridized carbons (Fsp3) is 0.733. The van der Waals surface area contributed by atoms with Gasteiger partial charge in [0, 0.05) is 26.3 Å². The van der Waals surface area contributed by atoms with Crippen LogP contribution in [-0.2, 0) is 14.4 Å². The van der Waals surface area contributed by atoms with Gasteiger partial charge in [-0.3, -0.25) is 9.63 Å². The number of hydroxylamine groups is 2. The minimum absolute atomic E-state index is 0.0231. The molecular weight excluding hydrogens is 270 g/mol. The summed E-state index contributed by atoms with van der Waals surface area (Å²) < 4.78 is 4.81. The third-order valence-corrected chi connectivity index (χ3v) is 3.21. The average molecular weight is 297 g/mol. The lowest BCUT2D eigenvalue weighted by Gasteiger charge is -2.37. The van der Waals surface area contributed by atoms with E-state index in [2.05, 4.69) is 16.5 Å². The highest BCUT2D eigenvalue weighted by atomic mass is 16.7. The van der Waals surface area contributed by atoms with E-state index in [-0.39, 0.29) is 17.5 Å². The molecule has 6 nitrogen and oxygen atoms in total. The van der Waals surface area contributed by atoms with Crippen molar-refractivity contribution in [2.75, 3.05) is 27.2 Å². The summed E-state index contributed by atoms with van der Waals surface area (Å²) in [6, 6.07) is 0. The summed E-state index contributed by atoms with van der Waals surface area (Å²) >= 11 is 0. The number of ether oxygens (including phenoxy) is 1. The monoisotopic (exact) mass is 297 g/mol. The van der Waals surface area contributed by atoms with Crippen molar-refractivity contribution in [2.45, 2.75) is 39.2 Å². The summed E-state index contributed by atoms with van der Waals surface area (Å²) in [6.07, 6.45) is 3.02. The van der Waals surface area contributed by atoms with Gasteiger partial charge in [-0.1, -0.05) is 6.58 Å². The molecule has 0 aromatic rings. The summed E-state index contributed by atoms with van der Waals surface area (Å²) in [4.78, 5) is 23.8. The quantitative estimate of drug-likeness (QED) is 0.345. The minimum Gasteiger partial charge on any atom is -0.469 e. The van der Waals surface area contributed by atoms with Crippen LogP contribution in [0.1, 0.15) is 33.6 Å². The minimum atomic E-state index is -0.305. The molecule has 0 bridgehead atoms. The summed E-state index contributed by atoms with van der Waals surface area (Å²) in [5.74, 6) is 0.560. The Morgan fingerprint density at radius 3 is 2.38 bits per heavy atom. The number of hydrogen-bond donors (Lipinski definition) is 0. The molecule has 21 heavy (non-hydrogen) atoms. The largest absolute Gasteiger partial charge is 0.469 e. The number of carbonyl (C=O) groups excluding carboxylic acids is 1. The Balaban J connectivity index is 2.70. The van der Waals surface area contributed by atoms with Crippen LogP contribution in [0.3, 0.4) is 0 Å². The van der Waals surface area contributed by atoms with Gasteiger partial charge < -0.3 is 9.64 Å². The molecule has 0 aromatic carbocycles. The molecule has 0 unspecified atom stereocenters. The average Bonchev–Trinajstić information content (AvgIpc) is 2.42. The first-order valence-electron chi connectivity index (χ1n) is 7.23. The van der Waals surface area contributed by atoms with Gasteiger partial charge >= 0.3 is 5.97 Å². The Morgan fingerprint density at radius 1 is 1.38 bits per heavy atom. The zero-order valence-corrected chi connectivity index (χ0v) is 13.8. The van der Waals surface area contributed by atoms with Gasteiger partial charge in [0.1, 0.15) is 0 Å². The summed E-state index contributed by atoms with van der Waals surface area (Å²) in [5.41, 5.74) is -0.305. The molecular formula is C15H27N3O3. The molecule has 0 radical (unpaired) electrons. The molecule has 1 rings (SSSR count). The summed E-state index contributed by atoms with van der Waals surface area (Å²) in [7, 11) is 3.27. The van der Waals surface area contributed by atoms with Gasteiger partial charge in [-0.25, -0.2) is 10.1 Å². The van der Waals surface area contributed by atoms with Crippen LogP contribution in [0.5, 0.6) is 0 Å². The fourth-order valence-corrected chi connectivity index (χ4v) is 2.38. The second-order valence-electron chi connectivity index (χ2n) is 6.10. The number of guanidine groups is 1. The predicted molar refractivity (Wildman–Crippen MR) is 82.5 cm³/mol. The number of carbonyl (C=O) groups is 1. The van der Waals surface area contributed by atoms with Gasteiger partial charge in [-0.2, -0.15) is 0 Å². The zero-order valence-electron chi connectivity index (χ0n) is 13.8. The van der Waals surface area contributed by atoms with Crippen molar-refractivity contribution in [1.29, 1.82) is 0 Å². The number of rotatable bonds is 3. The Kier molecular flexibility index (Phi) is 6.20. The molecule has 1 fully saturated rings. The van der Waals surface area contributed by atoms with E-state index in [0.29, 0.717) is 5.96 Å². The van der Waals surface area contributed by atoms with Gasteiger partial charge in [-0.15, -0.1) is 0 Å². The first-order chi connectivity index (χ1) is 9.78. The number of hydrogen-bond acceptors (Lipinski definition) is 4. The number of piperidine rings is 1. The molecule has 1 heterocycles. The number of likely N-dealkylation sites (tertiary alicyclic amines) is 1. The molecule has 0 N–H and O–H groups in total. The molecule has 0 spiro atoms. The number of methoxy groups -OCH3 is 1. The standard InChI is InChI=1S/C15H27N3O3/c1-7-16-14(17(5)21-15(2,3)4)18-10-8-12(9-11-18)13(19)20-6/h7,12H,1,8-11H2,2-6H3/b16-14+. The highest BCUT2D eigenvalue weighted by Crippen LogP contribution is 2.20. The van der Waals surface area contributed by atoms with Crippen LogP contribution < -0.4 is 0 Å². The van der Waals surface area contributed by atoms with Crippen molar-refractivity contribution < 1.29 is 14.4 Å². The lowest BCUT2D eigenvalue weighted by atomic mass is 9.97. The second-order valence-corrected chi connectivity index (χ2v) is 6.10. The van der Waals surface area contributed by atoms with E-state index in [1.54, 1.807) is 5.06 Å². The van der Waals surface area contributed by atoms with Crippen LogP contribution in [0.25, 0.3) is 0 Å². The van der Waals surface area contributed by atoms with E-state index in [1.807, 2.05) is 27.8 Å². The van der Waals surface area contributed by atoms with E-state index in [1.165, 1.54) is 13.3 Å². The fourth-order valence-electron chi connectivity index (χ4n) is 2.38. The Labute approximate surface area is 127 Å². The van der Waals surface area contributed by atoms with Crippen LogP contribution in [0.15, 0.2) is 17.8 Å². The van der Waals surface area contributed by atoms with E-state index < -0.39 is 0 Å². The Morgan fingerprint density at radius 2 is 1.95 bits per heavy atom. The second kappa shape index (κ2) is 7.45. The highest BCUT2D eigenvalue weighted by Gasteiger charge is 2.29. The molecule has 0 saturated carbocycles. The lowest BCUT2D eigenvalue weighted by Crippen LogP contribution is -2.49. The van der Waals surface area contributed by atoms with Crippen molar-refractivity contribution in [2.24, 2.45) is 10.9 Å². The van der Waals surface area contributed by atoms with Crippen molar-refractivity contribution in [3.8, 4) is 0 Å². The SMILES string of the molecule is C=C/N=C(/N1CCC(C(=O)OC)CC1)N(C)OC(C)(C)C. The molecule has 0 amide bonds. The predicted octanol–water partition coefficient (Wildman–Crippen LogP) is 2.03. The van der Waals surface area contributed by atoms with Gasteiger partial charge in [0.25, 0.3) is 0 Å². The summed E-state index contributed by atoms with van der Waals surface area (Å²) in [5, 5.41) is 1.67. The van der Waals surface area contributed by atoms with Crippen LogP contribution in [0.4, 0.5) is 0 Å². The Bertz CT molecular complexity index is 393. The molecule has 1 saturated heterocycles. The summed E-state index contributed by atoms with van der Waals surface area (Å²) in [6.45, 7) is 11.1. The van der Waals surface area contributed by atoms with E-state index in [4.69, 9.17) is 9.57 Å². The van der Waals surface area contributed by atoms with Gasteiger partial charge in [0.05, 0.1) is 18.6 Å². The number of aliphatic imine (C=N–C) groups is 1. The van der Waals surface area contributed by atoms with Crippen LogP contribution in [-0.4, -0.2) is 54.7 Å². The molecule has 0 atom stereocenters. The van der Waals surface area contributed by atoms with Gasteiger partial charge in [0.15, 0.2) is 0 Å². The first-order valence-corrected chi connectivity index (χ1v) is 7.23. The van der Waals surface area contributed by atoms with E-state index in [0.717, 1.165) is 25.9 Å². The molecule has 0 aliphatic carbocycles. The van der Waals surface area contributed by atoms with Gasteiger partial charge in [0.2, 0.25) is 5.96 Å².